The monoisotopic (exact) mass is 387 g/mol. The number of carbonyl (C=O) groups is 2. The predicted octanol–water partition coefficient (Wildman–Crippen LogP) is 1.67. The Balaban J connectivity index is 0.00000338. The highest BCUT2D eigenvalue weighted by Gasteiger charge is 2.27. The number of hydrogen-bond donors (Lipinski definition) is 1. The number of benzene rings is 1. The maximum Gasteiger partial charge on any atom is 0.260 e. The first-order chi connectivity index (χ1) is 11.9. The first-order valence-electron chi connectivity index (χ1n) is 8.57. The van der Waals surface area contributed by atoms with Crippen molar-refractivity contribution in [2.75, 3.05) is 32.8 Å². The van der Waals surface area contributed by atoms with E-state index in [-0.39, 0.29) is 36.6 Å². The van der Waals surface area contributed by atoms with Gasteiger partial charge in [0.2, 0.25) is 5.91 Å². The predicted molar refractivity (Wildman–Crippen MR) is 99.7 cm³/mol. The van der Waals surface area contributed by atoms with Gasteiger partial charge in [-0.15, -0.1) is 12.4 Å². The van der Waals surface area contributed by atoms with Crippen LogP contribution in [0.3, 0.4) is 0 Å². The Morgan fingerprint density at radius 1 is 1.12 bits per heavy atom. The Hall–Kier alpha value is -1.86. The van der Waals surface area contributed by atoms with Crippen molar-refractivity contribution < 1.29 is 18.7 Å². The molecule has 0 bridgehead atoms. The molecule has 0 saturated carbocycles. The van der Waals surface area contributed by atoms with Crippen molar-refractivity contribution in [2.24, 2.45) is 11.7 Å². The van der Waals surface area contributed by atoms with Gasteiger partial charge < -0.3 is 20.3 Å². The van der Waals surface area contributed by atoms with E-state index in [1.165, 1.54) is 24.3 Å². The molecular formula is C18H27ClFN3O3. The molecule has 2 N–H and O–H groups in total. The lowest BCUT2D eigenvalue weighted by atomic mass is 10.0. The number of hydrogen-bond acceptors (Lipinski definition) is 4. The van der Waals surface area contributed by atoms with Crippen LogP contribution in [0.1, 0.15) is 20.3 Å². The van der Waals surface area contributed by atoms with Crippen LogP contribution in [0.2, 0.25) is 0 Å². The van der Waals surface area contributed by atoms with Crippen molar-refractivity contribution in [2.45, 2.75) is 26.3 Å². The van der Waals surface area contributed by atoms with Crippen molar-refractivity contribution in [3.05, 3.63) is 30.1 Å². The van der Waals surface area contributed by atoms with Crippen LogP contribution in [0, 0.1) is 11.7 Å². The molecule has 1 fully saturated rings. The smallest absolute Gasteiger partial charge is 0.260 e. The molecule has 1 aromatic carbocycles. The lowest BCUT2D eigenvalue weighted by Gasteiger charge is -2.36. The molecule has 1 aliphatic heterocycles. The van der Waals surface area contributed by atoms with Gasteiger partial charge in [0.25, 0.3) is 5.91 Å². The second-order valence-electron chi connectivity index (χ2n) is 6.68. The molecule has 2 amide bonds. The topological polar surface area (TPSA) is 75.9 Å². The maximum atomic E-state index is 12.8. The number of ether oxygens (including phenoxy) is 1. The van der Waals surface area contributed by atoms with E-state index in [9.17, 15) is 14.0 Å². The summed E-state index contributed by atoms with van der Waals surface area (Å²) in [4.78, 5) is 27.9. The van der Waals surface area contributed by atoms with Crippen LogP contribution in [0.4, 0.5) is 4.39 Å². The van der Waals surface area contributed by atoms with E-state index in [2.05, 4.69) is 0 Å². The maximum absolute atomic E-state index is 12.8. The van der Waals surface area contributed by atoms with Gasteiger partial charge in [-0.1, -0.05) is 13.8 Å². The van der Waals surface area contributed by atoms with Crippen molar-refractivity contribution in [3.8, 4) is 5.75 Å². The molecule has 26 heavy (non-hydrogen) atoms. The Morgan fingerprint density at radius 3 is 2.19 bits per heavy atom. The normalized spacial score (nSPS) is 15.4. The van der Waals surface area contributed by atoms with E-state index < -0.39 is 6.04 Å². The van der Waals surface area contributed by atoms with E-state index in [1.807, 2.05) is 13.8 Å². The van der Waals surface area contributed by atoms with Crippen LogP contribution < -0.4 is 10.5 Å². The third kappa shape index (κ3) is 6.46. The minimum absolute atomic E-state index is 0. The number of nitrogens with two attached hydrogens (primary N) is 1. The third-order valence-corrected chi connectivity index (χ3v) is 4.16. The van der Waals surface area contributed by atoms with Crippen LogP contribution in [0.25, 0.3) is 0 Å². The van der Waals surface area contributed by atoms with Gasteiger partial charge in [-0.05, 0) is 36.6 Å². The van der Waals surface area contributed by atoms with Crippen LogP contribution in [0.15, 0.2) is 24.3 Å². The van der Waals surface area contributed by atoms with Gasteiger partial charge in [0.1, 0.15) is 11.6 Å². The molecule has 8 heteroatoms. The zero-order chi connectivity index (χ0) is 18.4. The molecule has 0 aliphatic carbocycles. The lowest BCUT2D eigenvalue weighted by molar-refractivity contribution is -0.141. The zero-order valence-electron chi connectivity index (χ0n) is 15.2. The molecule has 0 unspecified atom stereocenters. The molecule has 1 atom stereocenters. The molecule has 2 rings (SSSR count). The average molecular weight is 388 g/mol. The van der Waals surface area contributed by atoms with Gasteiger partial charge in [-0.2, -0.15) is 0 Å². The summed E-state index contributed by atoms with van der Waals surface area (Å²) in [5.41, 5.74) is 5.95. The Labute approximate surface area is 159 Å². The second-order valence-corrected chi connectivity index (χ2v) is 6.68. The second kappa shape index (κ2) is 10.3. The number of nitrogens with zero attached hydrogens (tertiary/aromatic N) is 2. The van der Waals surface area contributed by atoms with Crippen molar-refractivity contribution in [3.63, 3.8) is 0 Å². The molecule has 0 spiro atoms. The Kier molecular flexibility index (Phi) is 8.81. The fourth-order valence-corrected chi connectivity index (χ4v) is 2.79. The molecule has 1 saturated heterocycles. The summed E-state index contributed by atoms with van der Waals surface area (Å²) in [7, 11) is 0. The molecule has 0 radical (unpaired) electrons. The summed E-state index contributed by atoms with van der Waals surface area (Å²) >= 11 is 0. The van der Waals surface area contributed by atoms with Gasteiger partial charge in [0, 0.05) is 26.2 Å². The van der Waals surface area contributed by atoms with Crippen LogP contribution in [-0.2, 0) is 9.59 Å². The summed E-state index contributed by atoms with van der Waals surface area (Å²) in [5, 5.41) is 0. The average Bonchev–Trinajstić information content (AvgIpc) is 2.60. The summed E-state index contributed by atoms with van der Waals surface area (Å²) in [6, 6.07) is 5.05. The number of rotatable bonds is 6. The van der Waals surface area contributed by atoms with E-state index in [1.54, 1.807) is 9.80 Å². The van der Waals surface area contributed by atoms with Crippen LogP contribution in [-0.4, -0.2) is 60.4 Å². The molecule has 1 aromatic rings. The van der Waals surface area contributed by atoms with Gasteiger partial charge in [-0.3, -0.25) is 9.59 Å². The molecule has 1 aliphatic rings. The van der Waals surface area contributed by atoms with Crippen LogP contribution >= 0.6 is 12.4 Å². The first-order valence-corrected chi connectivity index (χ1v) is 8.57. The standard InChI is InChI=1S/C18H26FN3O3.ClH/c1-13(2)11-16(20)18(24)22-9-7-21(8-10-22)17(23)12-25-15-5-3-14(19)4-6-15;/h3-6,13,16H,7-12,20H2,1-2H3;1H/t16-;/m0./s1. The van der Waals surface area contributed by atoms with E-state index in [0.29, 0.717) is 44.3 Å². The lowest BCUT2D eigenvalue weighted by Crippen LogP contribution is -2.55. The van der Waals surface area contributed by atoms with E-state index in [0.717, 1.165) is 0 Å². The first kappa shape index (κ1) is 22.2. The largest absolute Gasteiger partial charge is 0.484 e. The third-order valence-electron chi connectivity index (χ3n) is 4.16. The zero-order valence-corrected chi connectivity index (χ0v) is 16.0. The fourth-order valence-electron chi connectivity index (χ4n) is 2.79. The number of amides is 2. The summed E-state index contributed by atoms with van der Waals surface area (Å²) in [6.07, 6.45) is 0.656. The Bertz CT molecular complexity index is 590. The van der Waals surface area contributed by atoms with E-state index >= 15 is 0 Å². The van der Waals surface area contributed by atoms with Gasteiger partial charge >= 0.3 is 0 Å². The number of carbonyl (C=O) groups excluding carboxylic acids is 2. The van der Waals surface area contributed by atoms with Crippen molar-refractivity contribution in [1.82, 2.24) is 9.80 Å². The summed E-state index contributed by atoms with van der Waals surface area (Å²) < 4.78 is 18.2. The quantitative estimate of drug-likeness (QED) is 0.805. The number of halogens is 2. The molecule has 0 aromatic heterocycles. The summed E-state index contributed by atoms with van der Waals surface area (Å²) in [6.45, 7) is 5.85. The minimum Gasteiger partial charge on any atom is -0.484 e. The molecular weight excluding hydrogens is 361 g/mol. The van der Waals surface area contributed by atoms with Crippen molar-refractivity contribution in [1.29, 1.82) is 0 Å². The SMILES string of the molecule is CC(C)C[C@H](N)C(=O)N1CCN(C(=O)COc2ccc(F)cc2)CC1.Cl. The fraction of sp³-hybridized carbons (Fsp3) is 0.556. The summed E-state index contributed by atoms with van der Waals surface area (Å²) in [5.74, 6) is 0.259. The number of piperazine rings is 1. The van der Waals surface area contributed by atoms with Gasteiger partial charge in [0.05, 0.1) is 6.04 Å². The highest BCUT2D eigenvalue weighted by Crippen LogP contribution is 2.12. The molecule has 1 heterocycles. The van der Waals surface area contributed by atoms with Gasteiger partial charge in [-0.25, -0.2) is 4.39 Å². The minimum atomic E-state index is -0.482. The molecule has 146 valence electrons. The highest BCUT2D eigenvalue weighted by molar-refractivity contribution is 5.85. The van der Waals surface area contributed by atoms with Crippen LogP contribution in [0.5, 0.6) is 5.75 Å². The molecule has 6 nitrogen and oxygen atoms in total. The van der Waals surface area contributed by atoms with Crippen molar-refractivity contribution >= 4 is 24.2 Å². The Morgan fingerprint density at radius 2 is 1.65 bits per heavy atom. The van der Waals surface area contributed by atoms with E-state index in [4.69, 9.17) is 10.5 Å². The van der Waals surface area contributed by atoms with Gasteiger partial charge in [0.15, 0.2) is 6.61 Å². The highest BCUT2D eigenvalue weighted by atomic mass is 35.5.